The zero-order chi connectivity index (χ0) is 18.6. The molecule has 0 saturated carbocycles. The molecule has 0 spiro atoms. The number of carbonyl (C=O) groups is 1. The highest BCUT2D eigenvalue weighted by molar-refractivity contribution is 6.30. The van der Waals surface area contributed by atoms with E-state index in [-0.39, 0.29) is 5.91 Å². The van der Waals surface area contributed by atoms with Crippen LogP contribution in [0.25, 0.3) is 0 Å². The summed E-state index contributed by atoms with van der Waals surface area (Å²) in [6.07, 6.45) is 3.69. The molecule has 1 N–H and O–H groups in total. The highest BCUT2D eigenvalue weighted by Gasteiger charge is 2.09. The minimum Gasteiger partial charge on any atom is -0.381 e. The van der Waals surface area contributed by atoms with E-state index in [4.69, 9.17) is 21.6 Å². The summed E-state index contributed by atoms with van der Waals surface area (Å²) in [6.45, 7) is 1.99. The molecule has 0 saturated heterocycles. The Hall–Kier alpha value is -2.35. The van der Waals surface area contributed by atoms with E-state index in [1.54, 1.807) is 24.3 Å². The van der Waals surface area contributed by atoms with Gasteiger partial charge in [0.25, 0.3) is 5.91 Å². The van der Waals surface area contributed by atoms with Gasteiger partial charge in [0.15, 0.2) is 0 Å². The number of rotatable bonds is 10. The first-order valence-electron chi connectivity index (χ1n) is 8.80. The lowest BCUT2D eigenvalue weighted by Gasteiger charge is -2.07. The minimum absolute atomic E-state index is 0.203. The van der Waals surface area contributed by atoms with Crippen molar-refractivity contribution in [3.8, 4) is 6.07 Å². The van der Waals surface area contributed by atoms with E-state index in [0.29, 0.717) is 24.3 Å². The van der Waals surface area contributed by atoms with Crippen LogP contribution in [-0.4, -0.2) is 25.7 Å². The van der Waals surface area contributed by atoms with Crippen LogP contribution in [-0.2, 0) is 11.2 Å². The second kappa shape index (κ2) is 11.3. The van der Waals surface area contributed by atoms with Gasteiger partial charge in [0.1, 0.15) is 0 Å². The van der Waals surface area contributed by atoms with Crippen LogP contribution in [0.3, 0.4) is 0 Å². The molecule has 0 aliphatic rings. The third kappa shape index (κ3) is 6.87. The molecule has 136 valence electrons. The largest absolute Gasteiger partial charge is 0.381 e. The first kappa shape index (κ1) is 20.0. The van der Waals surface area contributed by atoms with Crippen LogP contribution in [0.5, 0.6) is 0 Å². The highest BCUT2D eigenvalue weighted by Crippen LogP contribution is 2.11. The number of aryl methyl sites for hydroxylation is 1. The topological polar surface area (TPSA) is 62.1 Å². The lowest BCUT2D eigenvalue weighted by atomic mass is 10.1. The SMILES string of the molecule is N#Cc1ccccc1C(=O)NCCCCOCCCc1ccc(Cl)cc1. The second-order valence-electron chi connectivity index (χ2n) is 5.96. The summed E-state index contributed by atoms with van der Waals surface area (Å²) in [6, 6.07) is 16.7. The van der Waals surface area contributed by atoms with Crippen LogP contribution in [0, 0.1) is 11.3 Å². The Morgan fingerprint density at radius 3 is 2.54 bits per heavy atom. The van der Waals surface area contributed by atoms with E-state index < -0.39 is 0 Å². The molecule has 5 heteroatoms. The van der Waals surface area contributed by atoms with E-state index in [1.807, 2.05) is 30.3 Å². The van der Waals surface area contributed by atoms with Crippen molar-refractivity contribution >= 4 is 17.5 Å². The zero-order valence-corrected chi connectivity index (χ0v) is 15.5. The van der Waals surface area contributed by atoms with Crippen LogP contribution in [0.4, 0.5) is 0 Å². The number of nitriles is 1. The Bertz CT molecular complexity index is 738. The highest BCUT2D eigenvalue weighted by atomic mass is 35.5. The Kier molecular flexibility index (Phi) is 8.68. The average molecular weight is 371 g/mol. The van der Waals surface area contributed by atoms with E-state index in [1.165, 1.54) is 5.56 Å². The monoisotopic (exact) mass is 370 g/mol. The predicted molar refractivity (Wildman–Crippen MR) is 103 cm³/mol. The molecule has 0 heterocycles. The van der Waals surface area contributed by atoms with E-state index >= 15 is 0 Å². The van der Waals surface area contributed by atoms with Crippen molar-refractivity contribution < 1.29 is 9.53 Å². The van der Waals surface area contributed by atoms with Crippen LogP contribution < -0.4 is 5.32 Å². The molecule has 1 amide bonds. The molecular weight excluding hydrogens is 348 g/mol. The molecule has 0 radical (unpaired) electrons. The first-order valence-corrected chi connectivity index (χ1v) is 9.18. The Morgan fingerprint density at radius 2 is 1.77 bits per heavy atom. The van der Waals surface area contributed by atoms with Gasteiger partial charge in [-0.15, -0.1) is 0 Å². The number of ether oxygens (including phenoxy) is 1. The number of benzene rings is 2. The van der Waals surface area contributed by atoms with Gasteiger partial charge >= 0.3 is 0 Å². The van der Waals surface area contributed by atoms with Crippen molar-refractivity contribution in [1.29, 1.82) is 5.26 Å². The molecule has 0 aliphatic heterocycles. The van der Waals surface area contributed by atoms with Crippen molar-refractivity contribution in [2.75, 3.05) is 19.8 Å². The summed E-state index contributed by atoms with van der Waals surface area (Å²) < 4.78 is 5.63. The predicted octanol–water partition coefficient (Wildman–Crippen LogP) is 4.37. The van der Waals surface area contributed by atoms with Crippen LogP contribution in [0.2, 0.25) is 5.02 Å². The number of unbranched alkanes of at least 4 members (excludes halogenated alkanes) is 1. The zero-order valence-electron chi connectivity index (χ0n) is 14.7. The van der Waals surface area contributed by atoms with Gasteiger partial charge in [-0.05, 0) is 55.5 Å². The standard InChI is InChI=1S/C21H23ClN2O2/c22-19-11-9-17(10-12-19)6-5-15-26-14-4-3-13-24-21(25)20-8-2-1-7-18(20)16-23/h1-2,7-12H,3-6,13-15H2,(H,24,25). The molecule has 2 aromatic rings. The van der Waals surface area contributed by atoms with E-state index in [9.17, 15) is 4.79 Å². The maximum absolute atomic E-state index is 12.1. The molecule has 0 bridgehead atoms. The lowest BCUT2D eigenvalue weighted by Crippen LogP contribution is -2.25. The molecular formula is C21H23ClN2O2. The van der Waals surface area contributed by atoms with Crippen molar-refractivity contribution in [3.63, 3.8) is 0 Å². The molecule has 4 nitrogen and oxygen atoms in total. The number of hydrogen-bond acceptors (Lipinski definition) is 3. The van der Waals surface area contributed by atoms with Gasteiger partial charge in [0.05, 0.1) is 17.2 Å². The van der Waals surface area contributed by atoms with Crippen molar-refractivity contribution in [2.45, 2.75) is 25.7 Å². The fraction of sp³-hybridized carbons (Fsp3) is 0.333. The number of nitrogens with zero attached hydrogens (tertiary/aromatic N) is 1. The van der Waals surface area contributed by atoms with E-state index in [0.717, 1.165) is 37.3 Å². The van der Waals surface area contributed by atoms with E-state index in [2.05, 4.69) is 5.32 Å². The molecule has 2 aromatic carbocycles. The second-order valence-corrected chi connectivity index (χ2v) is 6.40. The number of nitrogens with one attached hydrogen (secondary N) is 1. The van der Waals surface area contributed by atoms with Gasteiger partial charge in [-0.3, -0.25) is 4.79 Å². The Balaban J connectivity index is 1.51. The summed E-state index contributed by atoms with van der Waals surface area (Å²) in [5.41, 5.74) is 2.08. The van der Waals surface area contributed by atoms with Crippen LogP contribution >= 0.6 is 11.6 Å². The van der Waals surface area contributed by atoms with Gasteiger partial charge in [0.2, 0.25) is 0 Å². The van der Waals surface area contributed by atoms with Gasteiger partial charge in [-0.25, -0.2) is 0 Å². The summed E-state index contributed by atoms with van der Waals surface area (Å²) in [5, 5.41) is 12.6. The first-order chi connectivity index (χ1) is 12.7. The van der Waals surface area contributed by atoms with Gasteiger partial charge in [-0.2, -0.15) is 5.26 Å². The Labute approximate surface area is 159 Å². The third-order valence-corrected chi connectivity index (χ3v) is 4.21. The maximum Gasteiger partial charge on any atom is 0.252 e. The average Bonchev–Trinajstić information content (AvgIpc) is 2.67. The van der Waals surface area contributed by atoms with Crippen molar-refractivity contribution in [2.24, 2.45) is 0 Å². The fourth-order valence-corrected chi connectivity index (χ4v) is 2.66. The maximum atomic E-state index is 12.1. The molecule has 2 rings (SSSR count). The molecule has 26 heavy (non-hydrogen) atoms. The van der Waals surface area contributed by atoms with Crippen LogP contribution in [0.1, 0.15) is 40.7 Å². The summed E-state index contributed by atoms with van der Waals surface area (Å²) in [5.74, 6) is -0.203. The third-order valence-electron chi connectivity index (χ3n) is 3.96. The fourth-order valence-electron chi connectivity index (χ4n) is 2.54. The van der Waals surface area contributed by atoms with Gasteiger partial charge in [-0.1, -0.05) is 35.9 Å². The van der Waals surface area contributed by atoms with Gasteiger partial charge < -0.3 is 10.1 Å². The number of hydrogen-bond donors (Lipinski definition) is 1. The summed E-state index contributed by atoms with van der Waals surface area (Å²) in [4.78, 5) is 12.1. The smallest absolute Gasteiger partial charge is 0.252 e. The summed E-state index contributed by atoms with van der Waals surface area (Å²) >= 11 is 5.86. The number of carbonyl (C=O) groups excluding carboxylic acids is 1. The molecule has 0 aromatic heterocycles. The molecule has 0 atom stereocenters. The Morgan fingerprint density at radius 1 is 1.04 bits per heavy atom. The summed E-state index contributed by atoms with van der Waals surface area (Å²) in [7, 11) is 0. The molecule has 0 aliphatic carbocycles. The normalized spacial score (nSPS) is 10.3. The molecule has 0 unspecified atom stereocenters. The quantitative estimate of drug-likeness (QED) is 0.631. The minimum atomic E-state index is -0.203. The van der Waals surface area contributed by atoms with Crippen LogP contribution in [0.15, 0.2) is 48.5 Å². The van der Waals surface area contributed by atoms with Crippen molar-refractivity contribution in [1.82, 2.24) is 5.32 Å². The number of amides is 1. The van der Waals surface area contributed by atoms with Gasteiger partial charge in [0, 0.05) is 24.8 Å². The number of halogens is 1. The van der Waals surface area contributed by atoms with Crippen molar-refractivity contribution in [3.05, 3.63) is 70.2 Å². The lowest BCUT2D eigenvalue weighted by molar-refractivity contribution is 0.0948. The molecule has 0 fully saturated rings.